The van der Waals surface area contributed by atoms with Crippen LogP contribution < -0.4 is 10.1 Å². The second-order valence-electron chi connectivity index (χ2n) is 3.33. The van der Waals surface area contributed by atoms with Crippen LogP contribution in [0.4, 0.5) is 0 Å². The molecule has 1 saturated heterocycles. The van der Waals surface area contributed by atoms with E-state index < -0.39 is 0 Å². The lowest BCUT2D eigenvalue weighted by molar-refractivity contribution is 0.397. The number of pyridine rings is 1. The summed E-state index contributed by atoms with van der Waals surface area (Å²) in [6.45, 7) is 2.06. The quantitative estimate of drug-likeness (QED) is 0.766. The van der Waals surface area contributed by atoms with Gasteiger partial charge >= 0.3 is 0 Å². The van der Waals surface area contributed by atoms with Gasteiger partial charge in [-0.25, -0.2) is 4.98 Å². The van der Waals surface area contributed by atoms with Gasteiger partial charge in [0.05, 0.1) is 12.8 Å². The fourth-order valence-electron chi connectivity index (χ4n) is 1.54. The van der Waals surface area contributed by atoms with Crippen molar-refractivity contribution in [1.82, 2.24) is 10.3 Å². The predicted octanol–water partition coefficient (Wildman–Crippen LogP) is 1.47. The maximum Gasteiger partial charge on any atom is 0.213 e. The van der Waals surface area contributed by atoms with E-state index in [1.165, 1.54) is 5.57 Å². The highest BCUT2D eigenvalue weighted by Gasteiger charge is 2.05. The van der Waals surface area contributed by atoms with E-state index in [-0.39, 0.29) is 0 Å². The van der Waals surface area contributed by atoms with Gasteiger partial charge in [-0.2, -0.15) is 0 Å². The molecule has 14 heavy (non-hydrogen) atoms. The highest BCUT2D eigenvalue weighted by molar-refractivity contribution is 5.50. The molecule has 0 radical (unpaired) electrons. The van der Waals surface area contributed by atoms with Gasteiger partial charge < -0.3 is 10.1 Å². The van der Waals surface area contributed by atoms with Crippen LogP contribution in [0.5, 0.6) is 5.88 Å². The first-order chi connectivity index (χ1) is 6.88. The van der Waals surface area contributed by atoms with Crippen LogP contribution >= 0.6 is 0 Å². The minimum atomic E-state index is 0.672. The van der Waals surface area contributed by atoms with Crippen LogP contribution in [-0.2, 0) is 0 Å². The second-order valence-corrected chi connectivity index (χ2v) is 3.33. The molecular weight excluding hydrogens is 176 g/mol. The second kappa shape index (κ2) is 4.24. The summed E-state index contributed by atoms with van der Waals surface area (Å²) in [6, 6.07) is 5.81. The van der Waals surface area contributed by atoms with Crippen molar-refractivity contribution >= 4 is 6.08 Å². The van der Waals surface area contributed by atoms with Crippen molar-refractivity contribution in [2.45, 2.75) is 6.42 Å². The predicted molar refractivity (Wildman–Crippen MR) is 56.3 cm³/mol. The Labute approximate surface area is 83.8 Å². The average Bonchev–Trinajstić information content (AvgIpc) is 2.71. The van der Waals surface area contributed by atoms with Gasteiger partial charge in [-0.05, 0) is 25.1 Å². The van der Waals surface area contributed by atoms with Crippen molar-refractivity contribution in [2.24, 2.45) is 0 Å². The molecule has 1 aliphatic heterocycles. The van der Waals surface area contributed by atoms with E-state index >= 15 is 0 Å². The third-order valence-corrected chi connectivity index (χ3v) is 2.28. The van der Waals surface area contributed by atoms with Gasteiger partial charge in [0.1, 0.15) is 0 Å². The summed E-state index contributed by atoms with van der Waals surface area (Å²) < 4.78 is 5.06. The van der Waals surface area contributed by atoms with Crippen LogP contribution in [0.15, 0.2) is 23.8 Å². The summed E-state index contributed by atoms with van der Waals surface area (Å²) in [6.07, 6.45) is 3.25. The van der Waals surface area contributed by atoms with Crippen LogP contribution in [0, 0.1) is 0 Å². The number of nitrogens with one attached hydrogen (secondary N) is 1. The third-order valence-electron chi connectivity index (χ3n) is 2.28. The number of methoxy groups -OCH3 is 1. The fraction of sp³-hybridized carbons (Fsp3) is 0.364. The maximum atomic E-state index is 5.06. The van der Waals surface area contributed by atoms with Crippen LogP contribution in [0.2, 0.25) is 0 Å². The zero-order chi connectivity index (χ0) is 9.80. The highest BCUT2D eigenvalue weighted by atomic mass is 16.5. The lowest BCUT2D eigenvalue weighted by Crippen LogP contribution is -2.04. The van der Waals surface area contributed by atoms with Crippen molar-refractivity contribution < 1.29 is 4.74 Å². The van der Waals surface area contributed by atoms with Crippen molar-refractivity contribution in [1.29, 1.82) is 0 Å². The molecule has 1 N–H and O–H groups in total. The molecule has 0 atom stereocenters. The van der Waals surface area contributed by atoms with Crippen molar-refractivity contribution in [2.75, 3.05) is 20.2 Å². The van der Waals surface area contributed by atoms with Crippen LogP contribution in [0.25, 0.3) is 6.08 Å². The van der Waals surface area contributed by atoms with E-state index in [0.29, 0.717) is 5.88 Å². The van der Waals surface area contributed by atoms with Crippen molar-refractivity contribution in [3.8, 4) is 5.88 Å². The Morgan fingerprint density at radius 1 is 1.50 bits per heavy atom. The molecular formula is C11H14N2O. The van der Waals surface area contributed by atoms with E-state index in [4.69, 9.17) is 4.74 Å². The summed E-state index contributed by atoms with van der Waals surface area (Å²) in [5.74, 6) is 0.672. The molecule has 0 unspecified atom stereocenters. The summed E-state index contributed by atoms with van der Waals surface area (Å²) >= 11 is 0. The van der Waals surface area contributed by atoms with E-state index in [1.54, 1.807) is 7.11 Å². The molecule has 2 heterocycles. The van der Waals surface area contributed by atoms with Crippen LogP contribution in [0.1, 0.15) is 12.1 Å². The topological polar surface area (TPSA) is 34.1 Å². The highest BCUT2D eigenvalue weighted by Crippen LogP contribution is 2.13. The van der Waals surface area contributed by atoms with Crippen molar-refractivity contribution in [3.63, 3.8) is 0 Å². The smallest absolute Gasteiger partial charge is 0.213 e. The lowest BCUT2D eigenvalue weighted by atomic mass is 10.2. The van der Waals surface area contributed by atoms with Crippen LogP contribution in [-0.4, -0.2) is 25.2 Å². The zero-order valence-corrected chi connectivity index (χ0v) is 8.29. The molecule has 2 rings (SSSR count). The fourth-order valence-corrected chi connectivity index (χ4v) is 1.54. The molecule has 1 aromatic heterocycles. The van der Waals surface area contributed by atoms with Crippen LogP contribution in [0.3, 0.4) is 0 Å². The number of ether oxygens (including phenoxy) is 1. The Bertz CT molecular complexity index is 339. The molecule has 1 aliphatic rings. The number of hydrogen-bond acceptors (Lipinski definition) is 3. The van der Waals surface area contributed by atoms with Gasteiger partial charge in [-0.3, -0.25) is 0 Å². The molecule has 0 saturated carbocycles. The van der Waals surface area contributed by atoms with E-state index in [9.17, 15) is 0 Å². The standard InChI is InChI=1S/C11H14N2O/c1-14-11-4-2-3-10(13-11)7-9-5-6-12-8-9/h2-4,7,12H,5-6,8H2,1H3/b9-7+. The van der Waals surface area contributed by atoms with E-state index in [2.05, 4.69) is 16.4 Å². The summed E-state index contributed by atoms with van der Waals surface area (Å²) in [7, 11) is 1.64. The number of nitrogens with zero attached hydrogens (tertiary/aromatic N) is 1. The number of rotatable bonds is 2. The first kappa shape index (κ1) is 9.21. The Kier molecular flexibility index (Phi) is 2.79. The molecule has 1 fully saturated rings. The summed E-state index contributed by atoms with van der Waals surface area (Å²) in [5.41, 5.74) is 2.38. The molecule has 0 bridgehead atoms. The van der Waals surface area contributed by atoms with Gasteiger partial charge in [-0.15, -0.1) is 0 Å². The minimum Gasteiger partial charge on any atom is -0.481 e. The molecule has 0 aliphatic carbocycles. The largest absolute Gasteiger partial charge is 0.481 e. The monoisotopic (exact) mass is 190 g/mol. The number of hydrogen-bond donors (Lipinski definition) is 1. The summed E-state index contributed by atoms with van der Waals surface area (Å²) in [5, 5.41) is 3.29. The van der Waals surface area contributed by atoms with Gasteiger partial charge in [0.15, 0.2) is 0 Å². The molecule has 0 aromatic carbocycles. The van der Waals surface area contributed by atoms with Crippen molar-refractivity contribution in [3.05, 3.63) is 29.5 Å². The Balaban J connectivity index is 2.19. The molecule has 3 nitrogen and oxygen atoms in total. The Hall–Kier alpha value is -1.35. The normalized spacial score (nSPS) is 18.8. The average molecular weight is 190 g/mol. The first-order valence-corrected chi connectivity index (χ1v) is 4.80. The lowest BCUT2D eigenvalue weighted by Gasteiger charge is -2.00. The molecule has 74 valence electrons. The first-order valence-electron chi connectivity index (χ1n) is 4.80. The Morgan fingerprint density at radius 2 is 2.43 bits per heavy atom. The van der Waals surface area contributed by atoms with E-state index in [0.717, 1.165) is 25.2 Å². The molecule has 0 spiro atoms. The molecule has 0 amide bonds. The van der Waals surface area contributed by atoms with Gasteiger partial charge in [0, 0.05) is 12.6 Å². The maximum absolute atomic E-state index is 5.06. The molecule has 1 aromatic rings. The minimum absolute atomic E-state index is 0.672. The van der Waals surface area contributed by atoms with Gasteiger partial charge in [0.25, 0.3) is 0 Å². The van der Waals surface area contributed by atoms with Gasteiger partial charge in [0.2, 0.25) is 5.88 Å². The third kappa shape index (κ3) is 2.12. The number of aromatic nitrogens is 1. The SMILES string of the molecule is COc1cccc(/C=C2\CCNC2)n1. The van der Waals surface area contributed by atoms with Gasteiger partial charge in [-0.1, -0.05) is 11.6 Å². The molecule has 3 heteroatoms. The summed E-state index contributed by atoms with van der Waals surface area (Å²) in [4.78, 5) is 4.33. The zero-order valence-electron chi connectivity index (χ0n) is 8.29. The Morgan fingerprint density at radius 3 is 3.14 bits per heavy atom. The van der Waals surface area contributed by atoms with E-state index in [1.807, 2.05) is 18.2 Å².